The van der Waals surface area contributed by atoms with E-state index in [4.69, 9.17) is 4.74 Å². The molecule has 4 N–H and O–H groups in total. The van der Waals surface area contributed by atoms with Crippen LogP contribution in [0.2, 0.25) is 0 Å². The molecule has 1 fully saturated rings. The number of nitrogens with zero attached hydrogens (tertiary/aromatic N) is 2. The van der Waals surface area contributed by atoms with Gasteiger partial charge in [0.25, 0.3) is 0 Å². The first kappa shape index (κ1) is 25.1. The molecule has 1 aliphatic rings. The fraction of sp³-hybridized carbons (Fsp3) is 0.435. The van der Waals surface area contributed by atoms with Crippen molar-refractivity contribution in [3.05, 3.63) is 30.1 Å². The van der Waals surface area contributed by atoms with Crippen molar-refractivity contribution in [2.24, 2.45) is 0 Å². The summed E-state index contributed by atoms with van der Waals surface area (Å²) in [5.41, 5.74) is 0.280. The number of ether oxygens (including phenoxy) is 1. The van der Waals surface area contributed by atoms with Gasteiger partial charge < -0.3 is 20.4 Å². The second kappa shape index (κ2) is 10.3. The number of halogens is 3. The van der Waals surface area contributed by atoms with Crippen LogP contribution in [0.15, 0.2) is 29.4 Å². The quantitative estimate of drug-likeness (QED) is 0.327. The average Bonchev–Trinajstić information content (AvgIpc) is 3.24. The molecule has 1 aliphatic heterocycles. The molecule has 0 bridgehead atoms. The minimum atomic E-state index is -4.63. The number of amides is 1. The fourth-order valence-corrected chi connectivity index (χ4v) is 5.01. The van der Waals surface area contributed by atoms with E-state index in [0.29, 0.717) is 33.6 Å². The molecule has 1 atom stereocenters. The number of benzene rings is 1. The van der Waals surface area contributed by atoms with E-state index in [1.807, 2.05) is 13.8 Å². The summed E-state index contributed by atoms with van der Waals surface area (Å²) in [6.45, 7) is 5.58. The lowest BCUT2D eigenvalue weighted by Crippen LogP contribution is -2.38. The molecule has 188 valence electrons. The highest BCUT2D eigenvalue weighted by molar-refractivity contribution is 8.00. The zero-order valence-electron chi connectivity index (χ0n) is 19.5. The van der Waals surface area contributed by atoms with Gasteiger partial charge in [0.1, 0.15) is 5.56 Å². The van der Waals surface area contributed by atoms with E-state index in [1.54, 1.807) is 12.1 Å². The molecule has 4 rings (SSSR count). The second-order valence-electron chi connectivity index (χ2n) is 8.49. The monoisotopic (exact) mass is 508 g/mol. The normalized spacial score (nSPS) is 16.5. The molecule has 0 spiro atoms. The highest BCUT2D eigenvalue weighted by Gasteiger charge is 2.36. The number of carbonyl (C=O) groups excluding carboxylic acids is 1. The summed E-state index contributed by atoms with van der Waals surface area (Å²) in [6, 6.07) is 3.36. The van der Waals surface area contributed by atoms with Crippen LogP contribution in [0, 0.1) is 0 Å². The van der Waals surface area contributed by atoms with Gasteiger partial charge in [-0.05, 0) is 25.5 Å². The Kier molecular flexibility index (Phi) is 7.41. The van der Waals surface area contributed by atoms with Crippen LogP contribution >= 0.6 is 11.8 Å². The first-order valence-corrected chi connectivity index (χ1v) is 12.1. The van der Waals surface area contributed by atoms with Crippen LogP contribution in [0.1, 0.15) is 32.3 Å². The number of thioether (sulfide) groups is 1. The Morgan fingerprint density at radius 3 is 2.77 bits per heavy atom. The van der Waals surface area contributed by atoms with Gasteiger partial charge >= 0.3 is 12.3 Å². The predicted molar refractivity (Wildman–Crippen MR) is 131 cm³/mol. The van der Waals surface area contributed by atoms with Gasteiger partial charge in [0, 0.05) is 41.2 Å². The number of H-pyrrole nitrogens is 1. The summed E-state index contributed by atoms with van der Waals surface area (Å²) in [5, 5.41) is 9.79. The average molecular weight is 509 g/mol. The third-order valence-electron chi connectivity index (χ3n) is 5.56. The van der Waals surface area contributed by atoms with Gasteiger partial charge in [-0.25, -0.2) is 14.8 Å². The SMILES string of the molecule is COC(=O)Nc1ccc2c(-c3nc(N[C@H]4CCCNC4)ncc3C(F)(F)F)c[nH]c2c1SC(C)C. The topological polar surface area (TPSA) is 104 Å². The number of rotatable bonds is 6. The molecule has 12 heteroatoms. The van der Waals surface area contributed by atoms with Gasteiger partial charge in [-0.1, -0.05) is 19.9 Å². The van der Waals surface area contributed by atoms with Gasteiger partial charge in [0.05, 0.1) is 28.9 Å². The number of anilines is 2. The molecule has 0 aliphatic carbocycles. The van der Waals surface area contributed by atoms with Gasteiger partial charge in [0.2, 0.25) is 5.95 Å². The van der Waals surface area contributed by atoms with Crippen LogP contribution in [-0.4, -0.2) is 52.5 Å². The van der Waals surface area contributed by atoms with Crippen molar-refractivity contribution in [3.63, 3.8) is 0 Å². The van der Waals surface area contributed by atoms with Crippen molar-refractivity contribution in [2.75, 3.05) is 30.8 Å². The number of piperidine rings is 1. The van der Waals surface area contributed by atoms with Crippen LogP contribution in [0.3, 0.4) is 0 Å². The predicted octanol–water partition coefficient (Wildman–Crippen LogP) is 5.49. The lowest BCUT2D eigenvalue weighted by atomic mass is 10.1. The summed E-state index contributed by atoms with van der Waals surface area (Å²) in [7, 11) is 1.26. The minimum Gasteiger partial charge on any atom is -0.453 e. The number of carbonyl (C=O) groups is 1. The van der Waals surface area contributed by atoms with Crippen molar-refractivity contribution in [1.82, 2.24) is 20.3 Å². The molecule has 35 heavy (non-hydrogen) atoms. The van der Waals surface area contributed by atoms with E-state index in [1.165, 1.54) is 25.1 Å². The van der Waals surface area contributed by atoms with Crippen molar-refractivity contribution in [2.45, 2.75) is 49.1 Å². The Bertz CT molecular complexity index is 1210. The number of hydrogen-bond donors (Lipinski definition) is 4. The van der Waals surface area contributed by atoms with E-state index < -0.39 is 17.8 Å². The molecule has 3 aromatic rings. The zero-order valence-corrected chi connectivity index (χ0v) is 20.4. The van der Waals surface area contributed by atoms with E-state index in [9.17, 15) is 18.0 Å². The Labute approximate surface area is 204 Å². The smallest absolute Gasteiger partial charge is 0.419 e. The van der Waals surface area contributed by atoms with E-state index in [2.05, 4.69) is 30.9 Å². The van der Waals surface area contributed by atoms with E-state index in [0.717, 1.165) is 25.6 Å². The molecule has 0 saturated carbocycles. The van der Waals surface area contributed by atoms with Gasteiger partial charge in [0.15, 0.2) is 0 Å². The van der Waals surface area contributed by atoms with Gasteiger partial charge in [-0.2, -0.15) is 13.2 Å². The third-order valence-corrected chi connectivity index (χ3v) is 6.69. The third kappa shape index (κ3) is 5.64. The summed E-state index contributed by atoms with van der Waals surface area (Å²) >= 11 is 1.48. The number of hydrogen-bond acceptors (Lipinski definition) is 7. The van der Waals surface area contributed by atoms with Crippen LogP contribution in [0.25, 0.3) is 22.2 Å². The highest BCUT2D eigenvalue weighted by atomic mass is 32.2. The number of nitrogens with one attached hydrogen (secondary N) is 4. The lowest BCUT2D eigenvalue weighted by Gasteiger charge is -2.24. The minimum absolute atomic E-state index is 0.0392. The zero-order chi connectivity index (χ0) is 25.2. The number of aromatic amines is 1. The van der Waals surface area contributed by atoms with Crippen LogP contribution < -0.4 is 16.0 Å². The maximum Gasteiger partial charge on any atom is 0.419 e. The largest absolute Gasteiger partial charge is 0.453 e. The van der Waals surface area contributed by atoms with E-state index in [-0.39, 0.29) is 22.9 Å². The van der Waals surface area contributed by atoms with Crippen molar-refractivity contribution in [3.8, 4) is 11.3 Å². The first-order chi connectivity index (χ1) is 16.7. The van der Waals surface area contributed by atoms with Crippen LogP contribution in [0.5, 0.6) is 0 Å². The number of fused-ring (bicyclic) bond motifs is 1. The first-order valence-electron chi connectivity index (χ1n) is 11.2. The van der Waals surface area contributed by atoms with Crippen molar-refractivity contribution >= 4 is 40.4 Å². The van der Waals surface area contributed by atoms with Gasteiger partial charge in [-0.15, -0.1) is 11.8 Å². The lowest BCUT2D eigenvalue weighted by molar-refractivity contribution is -0.137. The molecular weight excluding hydrogens is 481 g/mol. The number of alkyl halides is 3. The Hall–Kier alpha value is -2.99. The molecule has 1 saturated heterocycles. The summed E-state index contributed by atoms with van der Waals surface area (Å²) in [5.74, 6) is 0.150. The van der Waals surface area contributed by atoms with Crippen molar-refractivity contribution < 1.29 is 22.7 Å². The highest BCUT2D eigenvalue weighted by Crippen LogP contribution is 2.43. The van der Waals surface area contributed by atoms with E-state index >= 15 is 0 Å². The maximum absolute atomic E-state index is 13.9. The maximum atomic E-state index is 13.9. The molecule has 0 unspecified atom stereocenters. The summed E-state index contributed by atoms with van der Waals surface area (Å²) in [4.78, 5) is 23.9. The summed E-state index contributed by atoms with van der Waals surface area (Å²) in [6.07, 6.45) is -1.08. The molecule has 8 nitrogen and oxygen atoms in total. The molecule has 2 aromatic heterocycles. The summed E-state index contributed by atoms with van der Waals surface area (Å²) < 4.78 is 46.5. The Balaban J connectivity index is 1.82. The number of aromatic nitrogens is 3. The van der Waals surface area contributed by atoms with Crippen molar-refractivity contribution in [1.29, 1.82) is 0 Å². The number of methoxy groups -OCH3 is 1. The Morgan fingerprint density at radius 2 is 2.11 bits per heavy atom. The molecule has 3 heterocycles. The van der Waals surface area contributed by atoms with Crippen LogP contribution in [0.4, 0.5) is 29.6 Å². The standard InChI is InChI=1S/C23H27F3N6O2S/c1-12(2)35-20-17(31-22(33)34-3)7-6-14-15(10-28-19(14)20)18-16(23(24,25)26)11-29-21(32-18)30-13-5-4-8-27-9-13/h6-7,10-13,27-28H,4-5,8-9H2,1-3H3,(H,31,33)(H,29,30,32)/t13-/m0/s1. The molecular formula is C23H27F3N6O2S. The van der Waals surface area contributed by atoms with Gasteiger partial charge in [-0.3, -0.25) is 5.32 Å². The Morgan fingerprint density at radius 1 is 1.31 bits per heavy atom. The molecule has 1 aromatic carbocycles. The molecule has 0 radical (unpaired) electrons. The second-order valence-corrected chi connectivity index (χ2v) is 10.1. The molecule has 1 amide bonds. The van der Waals surface area contributed by atoms with Crippen LogP contribution in [-0.2, 0) is 10.9 Å². The fourth-order valence-electron chi connectivity index (χ4n) is 4.01.